The quantitative estimate of drug-likeness (QED) is 0.368. The third-order valence-electron chi connectivity index (χ3n) is 5.01. The number of esters is 1. The number of anilines is 1. The molecular formula is C24H26N2O5S. The molecule has 1 aliphatic rings. The van der Waals surface area contributed by atoms with Crippen LogP contribution in [0.5, 0.6) is 11.5 Å². The molecule has 2 aromatic rings. The van der Waals surface area contributed by atoms with Crippen molar-refractivity contribution in [2.75, 3.05) is 19.5 Å². The first-order chi connectivity index (χ1) is 15.4. The standard InChI is InChI=1S/C24H26N2O5S/c1-14(2)31-18-10-9-15(12-19(18)29-3)11-16(13-25)22(27)26-23-21(24(28)30-4)17-7-5-6-8-20(17)32-23/h9-12,14H,5-8H2,1-4H3,(H,26,27)/b16-11-. The van der Waals surface area contributed by atoms with Crippen molar-refractivity contribution in [3.63, 3.8) is 0 Å². The van der Waals surface area contributed by atoms with Crippen molar-refractivity contribution in [3.8, 4) is 17.6 Å². The van der Waals surface area contributed by atoms with Gasteiger partial charge in [-0.15, -0.1) is 11.3 Å². The van der Waals surface area contributed by atoms with Crippen molar-refractivity contribution < 1.29 is 23.8 Å². The fourth-order valence-corrected chi connectivity index (χ4v) is 4.86. The highest BCUT2D eigenvalue weighted by Gasteiger charge is 2.27. The molecule has 1 aromatic heterocycles. The molecule has 0 fully saturated rings. The van der Waals surface area contributed by atoms with Crippen LogP contribution in [-0.4, -0.2) is 32.2 Å². The summed E-state index contributed by atoms with van der Waals surface area (Å²) in [6.07, 6.45) is 5.13. The minimum Gasteiger partial charge on any atom is -0.493 e. The lowest BCUT2D eigenvalue weighted by Gasteiger charge is -2.14. The van der Waals surface area contributed by atoms with Crippen molar-refractivity contribution in [1.29, 1.82) is 5.26 Å². The Morgan fingerprint density at radius 2 is 1.94 bits per heavy atom. The zero-order chi connectivity index (χ0) is 23.3. The maximum absolute atomic E-state index is 12.9. The lowest BCUT2D eigenvalue weighted by atomic mass is 9.95. The lowest BCUT2D eigenvalue weighted by Crippen LogP contribution is -2.16. The van der Waals surface area contributed by atoms with Gasteiger partial charge in [0.15, 0.2) is 11.5 Å². The van der Waals surface area contributed by atoms with Gasteiger partial charge in [0.2, 0.25) is 0 Å². The van der Waals surface area contributed by atoms with Gasteiger partial charge in [-0.3, -0.25) is 4.79 Å². The number of hydrogen-bond donors (Lipinski definition) is 1. The molecule has 3 rings (SSSR count). The van der Waals surface area contributed by atoms with Gasteiger partial charge in [-0.05, 0) is 68.9 Å². The van der Waals surface area contributed by atoms with Crippen molar-refractivity contribution in [2.24, 2.45) is 0 Å². The number of benzene rings is 1. The van der Waals surface area contributed by atoms with Crippen LogP contribution in [0.15, 0.2) is 23.8 Å². The smallest absolute Gasteiger partial charge is 0.341 e. The number of hydrogen-bond acceptors (Lipinski definition) is 7. The van der Waals surface area contributed by atoms with E-state index in [0.29, 0.717) is 27.6 Å². The van der Waals surface area contributed by atoms with Crippen LogP contribution in [0.2, 0.25) is 0 Å². The van der Waals surface area contributed by atoms with Gasteiger partial charge < -0.3 is 19.5 Å². The summed E-state index contributed by atoms with van der Waals surface area (Å²) in [5.74, 6) is 0.0175. The Balaban J connectivity index is 1.89. The van der Waals surface area contributed by atoms with Gasteiger partial charge in [-0.25, -0.2) is 4.79 Å². The summed E-state index contributed by atoms with van der Waals surface area (Å²) >= 11 is 1.38. The fraction of sp³-hybridized carbons (Fsp3) is 0.375. The normalized spacial score (nSPS) is 13.2. The summed E-state index contributed by atoms with van der Waals surface area (Å²) in [5, 5.41) is 12.8. The largest absolute Gasteiger partial charge is 0.493 e. The lowest BCUT2D eigenvalue weighted by molar-refractivity contribution is -0.112. The number of thiophene rings is 1. The minimum absolute atomic E-state index is 0.0219. The second kappa shape index (κ2) is 10.3. The van der Waals surface area contributed by atoms with E-state index in [0.717, 1.165) is 36.1 Å². The van der Waals surface area contributed by atoms with E-state index in [2.05, 4.69) is 5.32 Å². The van der Waals surface area contributed by atoms with Crippen molar-refractivity contribution in [3.05, 3.63) is 45.3 Å². The van der Waals surface area contributed by atoms with Gasteiger partial charge in [0, 0.05) is 4.88 Å². The maximum atomic E-state index is 12.9. The first-order valence-electron chi connectivity index (χ1n) is 10.4. The van der Waals surface area contributed by atoms with Gasteiger partial charge in [0.05, 0.1) is 25.9 Å². The zero-order valence-corrected chi connectivity index (χ0v) is 19.4. The summed E-state index contributed by atoms with van der Waals surface area (Å²) in [5.41, 5.74) is 1.86. The molecule has 0 radical (unpaired) electrons. The average molecular weight is 455 g/mol. The van der Waals surface area contributed by atoms with Crippen LogP contribution < -0.4 is 14.8 Å². The van der Waals surface area contributed by atoms with E-state index in [-0.39, 0.29) is 11.7 Å². The predicted octanol–water partition coefficient (Wildman–Crippen LogP) is 4.75. The Morgan fingerprint density at radius 1 is 1.19 bits per heavy atom. The zero-order valence-electron chi connectivity index (χ0n) is 18.6. The summed E-state index contributed by atoms with van der Waals surface area (Å²) in [4.78, 5) is 26.4. The molecule has 168 valence electrons. The van der Waals surface area contributed by atoms with E-state index in [1.165, 1.54) is 31.6 Å². The molecule has 7 nitrogen and oxygen atoms in total. The molecule has 0 unspecified atom stereocenters. The van der Waals surface area contributed by atoms with E-state index in [4.69, 9.17) is 14.2 Å². The summed E-state index contributed by atoms with van der Waals surface area (Å²) in [6, 6.07) is 7.13. The van der Waals surface area contributed by atoms with Crippen LogP contribution >= 0.6 is 11.3 Å². The molecule has 0 aliphatic heterocycles. The van der Waals surface area contributed by atoms with Crippen LogP contribution in [0, 0.1) is 11.3 Å². The second-order valence-corrected chi connectivity index (χ2v) is 8.71. The molecule has 1 aliphatic carbocycles. The third-order valence-corrected chi connectivity index (χ3v) is 6.22. The highest BCUT2D eigenvalue weighted by molar-refractivity contribution is 7.17. The molecule has 0 saturated carbocycles. The van der Waals surface area contributed by atoms with Crippen molar-refractivity contribution >= 4 is 34.3 Å². The van der Waals surface area contributed by atoms with E-state index >= 15 is 0 Å². The minimum atomic E-state index is -0.585. The first kappa shape index (κ1) is 23.4. The van der Waals surface area contributed by atoms with Crippen LogP contribution in [0.25, 0.3) is 6.08 Å². The molecule has 1 aromatic carbocycles. The number of amides is 1. The fourth-order valence-electron chi connectivity index (χ4n) is 3.58. The van der Waals surface area contributed by atoms with Crippen molar-refractivity contribution in [2.45, 2.75) is 45.6 Å². The monoisotopic (exact) mass is 454 g/mol. The maximum Gasteiger partial charge on any atom is 0.341 e. The third kappa shape index (κ3) is 5.11. The summed E-state index contributed by atoms with van der Waals surface area (Å²) < 4.78 is 16.0. The molecule has 32 heavy (non-hydrogen) atoms. The number of methoxy groups -OCH3 is 2. The molecule has 0 saturated heterocycles. The second-order valence-electron chi connectivity index (χ2n) is 7.61. The molecule has 0 spiro atoms. The Hall–Kier alpha value is -3.31. The molecule has 1 N–H and O–H groups in total. The van der Waals surface area contributed by atoms with Gasteiger partial charge in [-0.1, -0.05) is 6.07 Å². The molecule has 0 atom stereocenters. The number of aryl methyl sites for hydroxylation is 1. The van der Waals surface area contributed by atoms with Gasteiger partial charge in [-0.2, -0.15) is 5.26 Å². The molecule has 0 bridgehead atoms. The number of fused-ring (bicyclic) bond motifs is 1. The number of nitriles is 1. The number of carbonyl (C=O) groups is 2. The highest BCUT2D eigenvalue weighted by Crippen LogP contribution is 2.39. The first-order valence-corrected chi connectivity index (χ1v) is 11.2. The SMILES string of the molecule is COC(=O)c1c(NC(=O)/C(C#N)=C\c2ccc(OC(C)C)c(OC)c2)sc2c1CCCC2. The van der Waals surface area contributed by atoms with Gasteiger partial charge >= 0.3 is 5.97 Å². The van der Waals surface area contributed by atoms with Crippen LogP contribution in [0.4, 0.5) is 5.00 Å². The van der Waals surface area contributed by atoms with E-state index in [1.807, 2.05) is 19.9 Å². The average Bonchev–Trinajstić information content (AvgIpc) is 3.14. The molecule has 8 heteroatoms. The topological polar surface area (TPSA) is 97.7 Å². The number of nitrogens with zero attached hydrogens (tertiary/aromatic N) is 1. The van der Waals surface area contributed by atoms with E-state index in [1.54, 1.807) is 18.2 Å². The Kier molecular flexibility index (Phi) is 7.54. The molecule has 1 amide bonds. The van der Waals surface area contributed by atoms with E-state index < -0.39 is 11.9 Å². The number of nitrogens with one attached hydrogen (secondary N) is 1. The van der Waals surface area contributed by atoms with Gasteiger partial charge in [0.25, 0.3) is 5.91 Å². The number of carbonyl (C=O) groups excluding carboxylic acids is 2. The number of ether oxygens (including phenoxy) is 3. The Bertz CT molecular complexity index is 1090. The van der Waals surface area contributed by atoms with E-state index in [9.17, 15) is 14.9 Å². The molecule has 1 heterocycles. The molecular weight excluding hydrogens is 428 g/mol. The van der Waals surface area contributed by atoms with Crippen LogP contribution in [0.1, 0.15) is 53.1 Å². The van der Waals surface area contributed by atoms with Crippen molar-refractivity contribution in [1.82, 2.24) is 0 Å². The number of rotatable bonds is 7. The highest BCUT2D eigenvalue weighted by atomic mass is 32.1. The van der Waals surface area contributed by atoms with Crippen LogP contribution in [0.3, 0.4) is 0 Å². The Morgan fingerprint density at radius 3 is 2.59 bits per heavy atom. The Labute approximate surface area is 191 Å². The summed E-state index contributed by atoms with van der Waals surface area (Å²) in [6.45, 7) is 3.83. The van der Waals surface area contributed by atoms with Crippen LogP contribution in [-0.2, 0) is 22.4 Å². The predicted molar refractivity (Wildman–Crippen MR) is 123 cm³/mol. The van der Waals surface area contributed by atoms with Gasteiger partial charge in [0.1, 0.15) is 16.6 Å². The summed E-state index contributed by atoms with van der Waals surface area (Å²) in [7, 11) is 2.85.